The van der Waals surface area contributed by atoms with E-state index in [9.17, 15) is 9.59 Å². The fraction of sp³-hybridized carbons (Fsp3) is 0.476. The number of nitrogens with one attached hydrogen (secondary N) is 1. The number of hydrogen-bond acceptors (Lipinski definition) is 4. The van der Waals surface area contributed by atoms with E-state index in [1.54, 1.807) is 13.0 Å². The molecular weight excluding hydrogens is 413 g/mol. The van der Waals surface area contributed by atoms with E-state index in [1.807, 2.05) is 18.2 Å². The summed E-state index contributed by atoms with van der Waals surface area (Å²) in [5.41, 5.74) is 1.44. The molecule has 0 bridgehead atoms. The van der Waals surface area contributed by atoms with E-state index in [4.69, 9.17) is 27.9 Å². The first-order chi connectivity index (χ1) is 13.9. The lowest BCUT2D eigenvalue weighted by Crippen LogP contribution is -2.42. The second-order valence-electron chi connectivity index (χ2n) is 7.51. The number of hydrogen-bond donors (Lipinski definition) is 1. The number of halogens is 2. The zero-order valence-corrected chi connectivity index (χ0v) is 18.1. The minimum Gasteiger partial charge on any atom is -0.452 e. The summed E-state index contributed by atoms with van der Waals surface area (Å²) in [7, 11) is 0. The van der Waals surface area contributed by atoms with Crippen molar-refractivity contribution < 1.29 is 14.3 Å². The van der Waals surface area contributed by atoms with E-state index in [0.29, 0.717) is 23.2 Å². The van der Waals surface area contributed by atoms with Crippen LogP contribution in [0.1, 0.15) is 54.2 Å². The van der Waals surface area contributed by atoms with E-state index in [1.165, 1.54) is 11.1 Å². The monoisotopic (exact) mass is 437 g/mol. The molecule has 0 saturated heterocycles. The van der Waals surface area contributed by atoms with Gasteiger partial charge in [0.15, 0.2) is 6.61 Å². The lowest BCUT2D eigenvalue weighted by Gasteiger charge is -2.29. The molecule has 1 fully saturated rings. The summed E-state index contributed by atoms with van der Waals surface area (Å²) in [4.78, 5) is 24.7. The van der Waals surface area contributed by atoms with Gasteiger partial charge in [0.1, 0.15) is 10.7 Å². The Morgan fingerprint density at radius 1 is 1.24 bits per heavy atom. The quantitative estimate of drug-likeness (QED) is 0.679. The summed E-state index contributed by atoms with van der Waals surface area (Å²) in [5.74, 6) is -0.526. The highest BCUT2D eigenvalue weighted by Crippen LogP contribution is 2.25. The summed E-state index contributed by atoms with van der Waals surface area (Å²) in [6, 6.07) is 7.49. The summed E-state index contributed by atoms with van der Waals surface area (Å²) in [6.07, 6.45) is 4.36. The van der Waals surface area contributed by atoms with Gasteiger partial charge in [0.2, 0.25) is 0 Å². The van der Waals surface area contributed by atoms with Crippen molar-refractivity contribution >= 4 is 35.1 Å². The molecule has 1 heterocycles. The average molecular weight is 438 g/mol. The SMILES string of the molecule is Cc1nn(Cc2ccccc2Cl)c(Cl)c1C(=O)OCC(=O)NC1CCCCC1C. The van der Waals surface area contributed by atoms with Crippen LogP contribution < -0.4 is 5.32 Å². The fourth-order valence-corrected chi connectivity index (χ4v) is 4.17. The molecule has 1 amide bonds. The second kappa shape index (κ2) is 9.63. The number of benzene rings is 1. The molecular formula is C21H25Cl2N3O3. The van der Waals surface area contributed by atoms with Gasteiger partial charge >= 0.3 is 5.97 Å². The highest BCUT2D eigenvalue weighted by atomic mass is 35.5. The average Bonchev–Trinajstić information content (AvgIpc) is 2.97. The Balaban J connectivity index is 1.61. The minimum atomic E-state index is -0.662. The third-order valence-electron chi connectivity index (χ3n) is 5.34. The molecule has 1 aromatic heterocycles. The Morgan fingerprint density at radius 3 is 2.69 bits per heavy atom. The Kier molecular flexibility index (Phi) is 7.19. The van der Waals surface area contributed by atoms with Crippen molar-refractivity contribution in [1.29, 1.82) is 0 Å². The van der Waals surface area contributed by atoms with E-state index in [2.05, 4.69) is 17.3 Å². The Morgan fingerprint density at radius 2 is 1.97 bits per heavy atom. The molecule has 1 aromatic carbocycles. The molecule has 2 unspecified atom stereocenters. The zero-order valence-electron chi connectivity index (χ0n) is 16.6. The largest absolute Gasteiger partial charge is 0.452 e. The number of rotatable bonds is 6. The first-order valence-electron chi connectivity index (χ1n) is 9.79. The summed E-state index contributed by atoms with van der Waals surface area (Å²) in [5, 5.41) is 8.04. The standard InChI is InChI=1S/C21H25Cl2N3O3/c1-13-7-3-6-10-17(13)24-18(27)12-29-21(28)19-14(2)25-26(20(19)23)11-15-8-4-5-9-16(15)22/h4-5,8-9,13,17H,3,6-7,10-12H2,1-2H3,(H,24,27). The van der Waals surface area contributed by atoms with Gasteiger partial charge in [-0.2, -0.15) is 5.10 Å². The first kappa shape index (κ1) is 21.7. The topological polar surface area (TPSA) is 73.2 Å². The van der Waals surface area contributed by atoms with Gasteiger partial charge in [-0.3, -0.25) is 4.79 Å². The molecule has 0 radical (unpaired) electrons. The van der Waals surface area contributed by atoms with E-state index < -0.39 is 5.97 Å². The maximum Gasteiger partial charge on any atom is 0.343 e. The molecule has 1 saturated carbocycles. The third kappa shape index (κ3) is 5.31. The van der Waals surface area contributed by atoms with Gasteiger partial charge in [0.05, 0.1) is 12.2 Å². The Labute approximate surface area is 180 Å². The number of esters is 1. The molecule has 1 N–H and O–H groups in total. The molecule has 29 heavy (non-hydrogen) atoms. The molecule has 8 heteroatoms. The number of ether oxygens (including phenoxy) is 1. The molecule has 156 valence electrons. The van der Waals surface area contributed by atoms with Crippen LogP contribution in [0, 0.1) is 12.8 Å². The van der Waals surface area contributed by atoms with Gasteiger partial charge in [0, 0.05) is 11.1 Å². The van der Waals surface area contributed by atoms with Crippen LogP contribution in [-0.4, -0.2) is 34.3 Å². The normalized spacial score (nSPS) is 19.0. The summed E-state index contributed by atoms with van der Waals surface area (Å²) in [6.45, 7) is 3.79. The number of carbonyl (C=O) groups is 2. The Hall–Kier alpha value is -2.05. The molecule has 0 aliphatic heterocycles. The maximum absolute atomic E-state index is 12.5. The second-order valence-corrected chi connectivity index (χ2v) is 8.28. The predicted octanol–water partition coefficient (Wildman–Crippen LogP) is 4.40. The van der Waals surface area contributed by atoms with Crippen LogP contribution in [0.2, 0.25) is 10.2 Å². The Bertz CT molecular complexity index is 897. The lowest BCUT2D eigenvalue weighted by molar-refractivity contribution is -0.125. The van der Waals surface area contributed by atoms with Crippen LogP contribution in [0.4, 0.5) is 0 Å². The van der Waals surface area contributed by atoms with Crippen molar-refractivity contribution in [2.24, 2.45) is 5.92 Å². The number of aromatic nitrogens is 2. The van der Waals surface area contributed by atoms with Crippen molar-refractivity contribution in [2.75, 3.05) is 6.61 Å². The van der Waals surface area contributed by atoms with Gasteiger partial charge in [-0.1, -0.05) is 61.2 Å². The van der Waals surface area contributed by atoms with Gasteiger partial charge in [-0.05, 0) is 37.3 Å². The maximum atomic E-state index is 12.5. The molecule has 6 nitrogen and oxygen atoms in total. The zero-order chi connectivity index (χ0) is 21.0. The van der Waals surface area contributed by atoms with Crippen molar-refractivity contribution in [2.45, 2.75) is 52.1 Å². The van der Waals surface area contributed by atoms with Crippen molar-refractivity contribution in [3.8, 4) is 0 Å². The number of nitrogens with zero attached hydrogens (tertiary/aromatic N) is 2. The van der Waals surface area contributed by atoms with Crippen LogP contribution in [0.5, 0.6) is 0 Å². The van der Waals surface area contributed by atoms with Crippen LogP contribution in [0.25, 0.3) is 0 Å². The van der Waals surface area contributed by atoms with E-state index in [0.717, 1.165) is 24.8 Å². The summed E-state index contributed by atoms with van der Waals surface area (Å²) >= 11 is 12.6. The highest BCUT2D eigenvalue weighted by molar-refractivity contribution is 6.33. The number of amides is 1. The minimum absolute atomic E-state index is 0.138. The van der Waals surface area contributed by atoms with E-state index in [-0.39, 0.29) is 29.3 Å². The molecule has 3 rings (SSSR count). The van der Waals surface area contributed by atoms with Gasteiger partial charge in [0.25, 0.3) is 5.91 Å². The molecule has 0 spiro atoms. The van der Waals surface area contributed by atoms with Crippen molar-refractivity contribution in [3.05, 3.63) is 51.3 Å². The van der Waals surface area contributed by atoms with Gasteiger partial charge in [-0.25, -0.2) is 9.48 Å². The predicted molar refractivity (Wildman–Crippen MR) is 112 cm³/mol. The van der Waals surface area contributed by atoms with Gasteiger partial charge in [-0.15, -0.1) is 0 Å². The molecule has 1 aliphatic carbocycles. The lowest BCUT2D eigenvalue weighted by atomic mass is 9.86. The number of carbonyl (C=O) groups excluding carboxylic acids is 2. The van der Waals surface area contributed by atoms with E-state index >= 15 is 0 Å². The third-order valence-corrected chi connectivity index (χ3v) is 6.09. The van der Waals surface area contributed by atoms with Crippen LogP contribution in [-0.2, 0) is 16.1 Å². The molecule has 2 atom stereocenters. The van der Waals surface area contributed by atoms with Crippen LogP contribution in [0.15, 0.2) is 24.3 Å². The summed E-state index contributed by atoms with van der Waals surface area (Å²) < 4.78 is 6.70. The first-order valence-corrected chi connectivity index (χ1v) is 10.5. The van der Waals surface area contributed by atoms with Crippen LogP contribution in [0.3, 0.4) is 0 Å². The smallest absolute Gasteiger partial charge is 0.343 e. The molecule has 1 aliphatic rings. The highest BCUT2D eigenvalue weighted by Gasteiger charge is 2.25. The van der Waals surface area contributed by atoms with Crippen molar-refractivity contribution in [1.82, 2.24) is 15.1 Å². The van der Waals surface area contributed by atoms with Gasteiger partial charge < -0.3 is 10.1 Å². The fourth-order valence-electron chi connectivity index (χ4n) is 3.66. The van der Waals surface area contributed by atoms with Crippen molar-refractivity contribution in [3.63, 3.8) is 0 Å². The number of aryl methyl sites for hydroxylation is 1. The van der Waals surface area contributed by atoms with Crippen LogP contribution >= 0.6 is 23.2 Å². The molecule has 2 aromatic rings.